The molecule has 104 valence electrons. The maximum atomic E-state index is 12.0. The highest BCUT2D eigenvalue weighted by Crippen LogP contribution is 2.32. The number of amides is 1. The number of nitrogens with one attached hydrogen (secondary N) is 2. The van der Waals surface area contributed by atoms with E-state index in [9.17, 15) is 14.7 Å². The van der Waals surface area contributed by atoms with Crippen molar-refractivity contribution in [2.24, 2.45) is 0 Å². The summed E-state index contributed by atoms with van der Waals surface area (Å²) in [5, 5.41) is 13.0. The second kappa shape index (κ2) is 5.80. The normalized spacial score (nSPS) is 10.5. The van der Waals surface area contributed by atoms with Gasteiger partial charge in [0.05, 0.1) is 5.52 Å². The van der Waals surface area contributed by atoms with Crippen molar-refractivity contribution in [3.05, 3.63) is 49.7 Å². The predicted octanol–water partition coefficient (Wildman–Crippen LogP) is 2.67. The van der Waals surface area contributed by atoms with Gasteiger partial charge in [0.2, 0.25) is 0 Å². The third kappa shape index (κ3) is 2.64. The summed E-state index contributed by atoms with van der Waals surface area (Å²) >= 11 is 6.59. The summed E-state index contributed by atoms with van der Waals surface area (Å²) in [6, 6.07) is 3.35. The van der Waals surface area contributed by atoms with Crippen LogP contribution in [0.15, 0.2) is 38.5 Å². The largest absolute Gasteiger partial charge is 0.506 e. The van der Waals surface area contributed by atoms with E-state index in [0.717, 1.165) is 0 Å². The third-order valence-corrected chi connectivity index (χ3v) is 3.73. The van der Waals surface area contributed by atoms with E-state index in [1.165, 1.54) is 6.08 Å². The summed E-state index contributed by atoms with van der Waals surface area (Å²) in [5.74, 6) is -1.01. The van der Waals surface area contributed by atoms with Crippen molar-refractivity contribution in [2.75, 3.05) is 6.54 Å². The molecule has 1 aromatic heterocycles. The summed E-state index contributed by atoms with van der Waals surface area (Å²) < 4.78 is 1.31. The number of aromatic amines is 1. The second-order valence-corrected chi connectivity index (χ2v) is 5.76. The molecule has 0 aliphatic heterocycles. The van der Waals surface area contributed by atoms with Gasteiger partial charge in [-0.05, 0) is 28.1 Å². The van der Waals surface area contributed by atoms with Gasteiger partial charge in [-0.25, -0.2) is 0 Å². The maximum absolute atomic E-state index is 12.0. The van der Waals surface area contributed by atoms with Crippen LogP contribution in [0.1, 0.15) is 10.4 Å². The number of aromatic nitrogens is 1. The molecule has 0 atom stereocenters. The SMILES string of the molecule is C=CCNC(=O)c1c(O)c2cc(Br)cc(Br)c2[nH]c1=O. The van der Waals surface area contributed by atoms with Gasteiger partial charge in [-0.2, -0.15) is 0 Å². The lowest BCUT2D eigenvalue weighted by Crippen LogP contribution is -2.29. The van der Waals surface area contributed by atoms with Crippen LogP contribution in [0.4, 0.5) is 0 Å². The van der Waals surface area contributed by atoms with Crippen molar-refractivity contribution in [3.63, 3.8) is 0 Å². The van der Waals surface area contributed by atoms with Crippen LogP contribution in [-0.2, 0) is 0 Å². The number of carbonyl (C=O) groups excluding carboxylic acids is 1. The van der Waals surface area contributed by atoms with Crippen molar-refractivity contribution in [3.8, 4) is 5.75 Å². The molecule has 0 aliphatic rings. The summed E-state index contributed by atoms with van der Waals surface area (Å²) in [6.45, 7) is 3.68. The fourth-order valence-electron chi connectivity index (χ4n) is 1.77. The van der Waals surface area contributed by atoms with Gasteiger partial charge in [0.25, 0.3) is 11.5 Å². The Balaban J connectivity index is 2.71. The van der Waals surface area contributed by atoms with Crippen LogP contribution >= 0.6 is 31.9 Å². The zero-order valence-corrected chi connectivity index (χ0v) is 13.3. The number of hydrogen-bond acceptors (Lipinski definition) is 3. The lowest BCUT2D eigenvalue weighted by Gasteiger charge is -2.09. The van der Waals surface area contributed by atoms with Crippen LogP contribution in [0, 0.1) is 0 Å². The molecule has 0 radical (unpaired) electrons. The fraction of sp³-hybridized carbons (Fsp3) is 0.0769. The molecule has 0 saturated heterocycles. The van der Waals surface area contributed by atoms with E-state index in [0.29, 0.717) is 19.8 Å². The second-order valence-electron chi connectivity index (χ2n) is 3.99. The molecule has 7 heteroatoms. The zero-order chi connectivity index (χ0) is 14.9. The van der Waals surface area contributed by atoms with Crippen molar-refractivity contribution in [1.29, 1.82) is 0 Å². The highest BCUT2D eigenvalue weighted by atomic mass is 79.9. The van der Waals surface area contributed by atoms with Crippen molar-refractivity contribution in [1.82, 2.24) is 10.3 Å². The molecule has 5 nitrogen and oxygen atoms in total. The zero-order valence-electron chi connectivity index (χ0n) is 10.2. The molecular formula is C13H10Br2N2O3. The average molecular weight is 402 g/mol. The first-order chi connectivity index (χ1) is 9.45. The molecule has 0 fully saturated rings. The van der Waals surface area contributed by atoms with Gasteiger partial charge in [-0.15, -0.1) is 6.58 Å². The summed E-state index contributed by atoms with van der Waals surface area (Å²) in [4.78, 5) is 26.4. The van der Waals surface area contributed by atoms with Gasteiger partial charge in [0, 0.05) is 20.9 Å². The standard InChI is InChI=1S/C13H10Br2N2O3/c1-2-3-16-12(19)9-11(18)7-4-6(14)5-8(15)10(7)17-13(9)20/h2,4-5H,1,3H2,(H,16,19)(H2,17,18,20). The molecule has 1 aromatic carbocycles. The monoisotopic (exact) mass is 400 g/mol. The van der Waals surface area contributed by atoms with Gasteiger partial charge < -0.3 is 15.4 Å². The minimum atomic E-state index is -0.653. The predicted molar refractivity (Wildman–Crippen MR) is 84.2 cm³/mol. The van der Waals surface area contributed by atoms with Crippen LogP contribution in [0.5, 0.6) is 5.75 Å². The van der Waals surface area contributed by atoms with Crippen molar-refractivity contribution in [2.45, 2.75) is 0 Å². The summed E-state index contributed by atoms with van der Waals surface area (Å²) in [6.07, 6.45) is 1.48. The first-order valence-corrected chi connectivity index (χ1v) is 7.17. The smallest absolute Gasteiger partial charge is 0.265 e. The average Bonchev–Trinajstić information content (AvgIpc) is 2.38. The fourth-order valence-corrected chi connectivity index (χ4v) is 3.09. The molecule has 3 N–H and O–H groups in total. The highest BCUT2D eigenvalue weighted by molar-refractivity contribution is 9.11. The number of aromatic hydroxyl groups is 1. The molecule has 0 aliphatic carbocycles. The Morgan fingerprint density at radius 2 is 2.15 bits per heavy atom. The number of pyridine rings is 1. The number of halogens is 2. The molecule has 2 aromatic rings. The highest BCUT2D eigenvalue weighted by Gasteiger charge is 2.19. The first kappa shape index (κ1) is 14.8. The minimum absolute atomic E-state index is 0.206. The van der Waals surface area contributed by atoms with E-state index in [1.807, 2.05) is 0 Å². The van der Waals surface area contributed by atoms with Gasteiger partial charge in [-0.1, -0.05) is 22.0 Å². The van der Waals surface area contributed by atoms with Gasteiger partial charge in [0.15, 0.2) is 0 Å². The van der Waals surface area contributed by atoms with Crippen LogP contribution in [0.3, 0.4) is 0 Å². The third-order valence-electron chi connectivity index (χ3n) is 2.65. The summed E-state index contributed by atoms with van der Waals surface area (Å²) in [7, 11) is 0. The van der Waals surface area contributed by atoms with Crippen LogP contribution in [0.2, 0.25) is 0 Å². The van der Waals surface area contributed by atoms with Crippen LogP contribution < -0.4 is 10.9 Å². The number of benzene rings is 1. The maximum Gasteiger partial charge on any atom is 0.265 e. The Kier molecular flexibility index (Phi) is 4.29. The van der Waals surface area contributed by atoms with E-state index in [4.69, 9.17) is 0 Å². The molecule has 20 heavy (non-hydrogen) atoms. The molecule has 1 heterocycles. The Morgan fingerprint density at radius 3 is 2.80 bits per heavy atom. The van der Waals surface area contributed by atoms with E-state index < -0.39 is 11.5 Å². The molecule has 0 unspecified atom stereocenters. The lowest BCUT2D eigenvalue weighted by molar-refractivity contribution is 0.0954. The van der Waals surface area contributed by atoms with Crippen molar-refractivity contribution >= 4 is 48.7 Å². The van der Waals surface area contributed by atoms with Gasteiger partial charge in [-0.3, -0.25) is 9.59 Å². The molecule has 0 bridgehead atoms. The number of H-pyrrole nitrogens is 1. The Bertz CT molecular complexity index is 768. The Hall–Kier alpha value is -1.60. The molecular weight excluding hydrogens is 392 g/mol. The molecule has 1 amide bonds. The van der Waals surface area contributed by atoms with Gasteiger partial charge >= 0.3 is 0 Å². The quantitative estimate of drug-likeness (QED) is 0.691. The topological polar surface area (TPSA) is 82.2 Å². The Morgan fingerprint density at radius 1 is 1.45 bits per heavy atom. The lowest BCUT2D eigenvalue weighted by atomic mass is 10.1. The molecule has 0 spiro atoms. The van der Waals surface area contributed by atoms with E-state index in [1.54, 1.807) is 12.1 Å². The minimum Gasteiger partial charge on any atom is -0.506 e. The van der Waals surface area contributed by atoms with E-state index in [2.05, 4.69) is 48.7 Å². The molecule has 0 saturated carbocycles. The Labute approximate surface area is 131 Å². The number of rotatable bonds is 3. The molecule has 2 rings (SSSR count). The van der Waals surface area contributed by atoms with Crippen LogP contribution in [0.25, 0.3) is 10.9 Å². The van der Waals surface area contributed by atoms with Crippen molar-refractivity contribution < 1.29 is 9.90 Å². The van der Waals surface area contributed by atoms with E-state index >= 15 is 0 Å². The van der Waals surface area contributed by atoms with Crippen LogP contribution in [-0.4, -0.2) is 22.5 Å². The number of hydrogen-bond donors (Lipinski definition) is 3. The summed E-state index contributed by atoms with van der Waals surface area (Å²) in [5.41, 5.74) is -0.542. The number of carbonyl (C=O) groups is 1. The van der Waals surface area contributed by atoms with Gasteiger partial charge in [0.1, 0.15) is 11.3 Å². The van der Waals surface area contributed by atoms with E-state index in [-0.39, 0.29) is 17.9 Å². The number of fused-ring (bicyclic) bond motifs is 1. The first-order valence-electron chi connectivity index (χ1n) is 5.58.